The standard InChI is InChI=1S/C15H16O2/c1-11-4-2-5-12(10-11)15(16)8-3-6-14-13(15)7-9-17-14/h2,4-5,7,9-10,16H,3,6,8H2,1H3. The molecular formula is C15H16O2. The number of hydrogen-bond acceptors (Lipinski definition) is 2. The van der Waals surface area contributed by atoms with Crippen molar-refractivity contribution in [2.24, 2.45) is 0 Å². The van der Waals surface area contributed by atoms with E-state index in [1.54, 1.807) is 6.26 Å². The van der Waals surface area contributed by atoms with Crippen LogP contribution >= 0.6 is 0 Å². The molecule has 2 heteroatoms. The third kappa shape index (κ3) is 1.60. The average Bonchev–Trinajstić information content (AvgIpc) is 2.79. The SMILES string of the molecule is Cc1cccc(C2(O)CCCc3occc32)c1. The summed E-state index contributed by atoms with van der Waals surface area (Å²) in [5, 5.41) is 10.9. The summed E-state index contributed by atoms with van der Waals surface area (Å²) in [6.45, 7) is 2.05. The van der Waals surface area contributed by atoms with Crippen molar-refractivity contribution in [1.82, 2.24) is 0 Å². The van der Waals surface area contributed by atoms with Crippen LogP contribution in [0.5, 0.6) is 0 Å². The van der Waals surface area contributed by atoms with Gasteiger partial charge in [0.05, 0.1) is 6.26 Å². The van der Waals surface area contributed by atoms with Gasteiger partial charge in [-0.2, -0.15) is 0 Å². The first-order valence-corrected chi connectivity index (χ1v) is 6.06. The van der Waals surface area contributed by atoms with Crippen molar-refractivity contribution in [1.29, 1.82) is 0 Å². The van der Waals surface area contributed by atoms with Crippen molar-refractivity contribution < 1.29 is 9.52 Å². The van der Waals surface area contributed by atoms with E-state index in [9.17, 15) is 5.11 Å². The van der Waals surface area contributed by atoms with Crippen LogP contribution in [0.1, 0.15) is 35.3 Å². The van der Waals surface area contributed by atoms with Gasteiger partial charge >= 0.3 is 0 Å². The molecule has 0 saturated carbocycles. The molecule has 1 N–H and O–H groups in total. The van der Waals surface area contributed by atoms with Crippen molar-refractivity contribution in [3.05, 3.63) is 59.0 Å². The summed E-state index contributed by atoms with van der Waals surface area (Å²) in [6.07, 6.45) is 4.33. The highest BCUT2D eigenvalue weighted by Crippen LogP contribution is 2.41. The molecule has 88 valence electrons. The van der Waals surface area contributed by atoms with Crippen LogP contribution in [-0.4, -0.2) is 5.11 Å². The van der Waals surface area contributed by atoms with Crippen LogP contribution in [0.3, 0.4) is 0 Å². The van der Waals surface area contributed by atoms with Crippen LogP contribution in [0.2, 0.25) is 0 Å². The predicted octanol–water partition coefficient (Wildman–Crippen LogP) is 3.16. The highest BCUT2D eigenvalue weighted by molar-refractivity contribution is 5.40. The Balaban J connectivity index is 2.15. The predicted molar refractivity (Wildman–Crippen MR) is 65.8 cm³/mol. The fourth-order valence-corrected chi connectivity index (χ4v) is 2.74. The third-order valence-corrected chi connectivity index (χ3v) is 3.63. The summed E-state index contributed by atoms with van der Waals surface area (Å²) < 4.78 is 5.44. The Kier molecular flexibility index (Phi) is 2.33. The molecule has 1 aromatic heterocycles. The van der Waals surface area contributed by atoms with E-state index in [1.807, 2.05) is 31.2 Å². The summed E-state index contributed by atoms with van der Waals surface area (Å²) in [6, 6.07) is 10.00. The Labute approximate surface area is 101 Å². The zero-order valence-corrected chi connectivity index (χ0v) is 9.94. The number of hydrogen-bond donors (Lipinski definition) is 1. The highest BCUT2D eigenvalue weighted by Gasteiger charge is 2.37. The summed E-state index contributed by atoms with van der Waals surface area (Å²) in [5.41, 5.74) is 2.22. The number of aryl methyl sites for hydroxylation is 2. The van der Waals surface area contributed by atoms with Gasteiger partial charge in [-0.1, -0.05) is 29.8 Å². The van der Waals surface area contributed by atoms with Gasteiger partial charge in [0.25, 0.3) is 0 Å². The van der Waals surface area contributed by atoms with Gasteiger partial charge in [-0.05, 0) is 31.4 Å². The Morgan fingerprint density at radius 1 is 1.29 bits per heavy atom. The largest absolute Gasteiger partial charge is 0.469 e. The molecule has 1 heterocycles. The van der Waals surface area contributed by atoms with Gasteiger partial charge in [0.2, 0.25) is 0 Å². The molecule has 0 saturated heterocycles. The van der Waals surface area contributed by atoms with E-state index in [2.05, 4.69) is 6.07 Å². The fourth-order valence-electron chi connectivity index (χ4n) is 2.74. The lowest BCUT2D eigenvalue weighted by atomic mass is 9.78. The van der Waals surface area contributed by atoms with E-state index in [0.717, 1.165) is 36.1 Å². The normalized spacial score (nSPS) is 23.4. The smallest absolute Gasteiger partial charge is 0.118 e. The van der Waals surface area contributed by atoms with Crippen LogP contribution < -0.4 is 0 Å². The second-order valence-corrected chi connectivity index (χ2v) is 4.84. The van der Waals surface area contributed by atoms with E-state index in [1.165, 1.54) is 5.56 Å². The molecule has 0 bridgehead atoms. The summed E-state index contributed by atoms with van der Waals surface area (Å²) >= 11 is 0. The molecular weight excluding hydrogens is 212 g/mol. The number of rotatable bonds is 1. The van der Waals surface area contributed by atoms with Crippen LogP contribution in [-0.2, 0) is 12.0 Å². The average molecular weight is 228 g/mol. The molecule has 2 nitrogen and oxygen atoms in total. The van der Waals surface area contributed by atoms with E-state index in [0.29, 0.717) is 0 Å². The molecule has 0 aliphatic heterocycles. The number of fused-ring (bicyclic) bond motifs is 1. The van der Waals surface area contributed by atoms with Crippen molar-refractivity contribution in [3.8, 4) is 0 Å². The molecule has 17 heavy (non-hydrogen) atoms. The number of benzene rings is 1. The summed E-state index contributed by atoms with van der Waals surface area (Å²) in [5.74, 6) is 0.931. The molecule has 0 radical (unpaired) electrons. The number of aliphatic hydroxyl groups is 1. The van der Waals surface area contributed by atoms with E-state index in [-0.39, 0.29) is 0 Å². The topological polar surface area (TPSA) is 33.4 Å². The van der Waals surface area contributed by atoms with E-state index in [4.69, 9.17) is 4.42 Å². The fraction of sp³-hybridized carbons (Fsp3) is 0.333. The Hall–Kier alpha value is -1.54. The van der Waals surface area contributed by atoms with Crippen molar-refractivity contribution >= 4 is 0 Å². The minimum Gasteiger partial charge on any atom is -0.469 e. The summed E-state index contributed by atoms with van der Waals surface area (Å²) in [7, 11) is 0. The van der Waals surface area contributed by atoms with Crippen LogP contribution in [0.15, 0.2) is 41.0 Å². The van der Waals surface area contributed by atoms with Gasteiger partial charge in [0.15, 0.2) is 0 Å². The quantitative estimate of drug-likeness (QED) is 0.813. The Bertz CT molecular complexity index is 541. The van der Waals surface area contributed by atoms with Crippen LogP contribution in [0.25, 0.3) is 0 Å². The minimum absolute atomic E-state index is 0.767. The molecule has 3 rings (SSSR count). The second-order valence-electron chi connectivity index (χ2n) is 4.84. The highest BCUT2D eigenvalue weighted by atomic mass is 16.3. The lowest BCUT2D eigenvalue weighted by Gasteiger charge is -2.32. The molecule has 0 fully saturated rings. The Morgan fingerprint density at radius 3 is 3.00 bits per heavy atom. The zero-order chi connectivity index (χ0) is 11.9. The maximum Gasteiger partial charge on any atom is 0.118 e. The lowest BCUT2D eigenvalue weighted by Crippen LogP contribution is -2.31. The lowest BCUT2D eigenvalue weighted by molar-refractivity contribution is 0.0589. The monoisotopic (exact) mass is 228 g/mol. The van der Waals surface area contributed by atoms with Crippen molar-refractivity contribution in [2.75, 3.05) is 0 Å². The molecule has 1 aliphatic carbocycles. The minimum atomic E-state index is -0.868. The van der Waals surface area contributed by atoms with Crippen LogP contribution in [0, 0.1) is 6.92 Å². The van der Waals surface area contributed by atoms with E-state index >= 15 is 0 Å². The molecule has 1 aliphatic rings. The van der Waals surface area contributed by atoms with Gasteiger partial charge in [-0.3, -0.25) is 0 Å². The Morgan fingerprint density at radius 2 is 2.18 bits per heavy atom. The van der Waals surface area contributed by atoms with Gasteiger partial charge in [-0.15, -0.1) is 0 Å². The molecule has 0 spiro atoms. The van der Waals surface area contributed by atoms with Gasteiger partial charge in [-0.25, -0.2) is 0 Å². The second kappa shape index (κ2) is 3.74. The summed E-state index contributed by atoms with van der Waals surface area (Å²) in [4.78, 5) is 0. The van der Waals surface area contributed by atoms with Crippen LogP contribution in [0.4, 0.5) is 0 Å². The van der Waals surface area contributed by atoms with E-state index < -0.39 is 5.60 Å². The maximum absolute atomic E-state index is 10.9. The van der Waals surface area contributed by atoms with Crippen molar-refractivity contribution in [2.45, 2.75) is 31.8 Å². The molecule has 1 unspecified atom stereocenters. The molecule has 1 aromatic carbocycles. The number of furan rings is 1. The third-order valence-electron chi connectivity index (χ3n) is 3.63. The first kappa shape index (κ1) is 10.6. The molecule has 2 aromatic rings. The first-order valence-electron chi connectivity index (χ1n) is 6.06. The molecule has 1 atom stereocenters. The van der Waals surface area contributed by atoms with Crippen molar-refractivity contribution in [3.63, 3.8) is 0 Å². The maximum atomic E-state index is 10.9. The first-order chi connectivity index (χ1) is 8.20. The van der Waals surface area contributed by atoms with Gasteiger partial charge < -0.3 is 9.52 Å². The van der Waals surface area contributed by atoms with Gasteiger partial charge in [0.1, 0.15) is 11.4 Å². The molecule has 0 amide bonds. The zero-order valence-electron chi connectivity index (χ0n) is 9.94. The van der Waals surface area contributed by atoms with Gasteiger partial charge in [0, 0.05) is 12.0 Å².